The standard InChI is InChI=1S/C32H38N2O5/c33-20-24-2-1-3-28(18-24)25-8-10-27(11-9-25)31-38-29(19-30(39-31)26-6-4-23(22-35)5-7-26)21-34-14-12-32(13-15-34)36-16-17-37-32/h1-11,18,29-31,35H,12-17,19-22,33H2. The predicted octanol–water partition coefficient (Wildman–Crippen LogP) is 4.69. The van der Waals surface area contributed by atoms with E-state index < -0.39 is 6.29 Å². The number of likely N-dealkylation sites (tertiary alicyclic amines) is 1. The molecule has 0 bridgehead atoms. The minimum atomic E-state index is -0.465. The molecule has 206 valence electrons. The van der Waals surface area contributed by atoms with Gasteiger partial charge >= 0.3 is 0 Å². The lowest BCUT2D eigenvalue weighted by molar-refractivity contribution is -0.255. The van der Waals surface area contributed by atoms with Crippen LogP contribution < -0.4 is 5.73 Å². The molecule has 0 radical (unpaired) electrons. The van der Waals surface area contributed by atoms with Gasteiger partial charge in [-0.2, -0.15) is 0 Å². The molecule has 3 aliphatic heterocycles. The van der Waals surface area contributed by atoms with Gasteiger partial charge in [-0.3, -0.25) is 0 Å². The van der Waals surface area contributed by atoms with E-state index in [-0.39, 0.29) is 24.6 Å². The second-order valence-corrected chi connectivity index (χ2v) is 10.8. The molecule has 3 aliphatic rings. The highest BCUT2D eigenvalue weighted by atomic mass is 16.7. The molecule has 3 heterocycles. The van der Waals surface area contributed by atoms with Gasteiger partial charge < -0.3 is 34.7 Å². The second kappa shape index (κ2) is 11.9. The number of benzene rings is 3. The summed E-state index contributed by atoms with van der Waals surface area (Å²) >= 11 is 0. The first-order valence-corrected chi connectivity index (χ1v) is 14.0. The van der Waals surface area contributed by atoms with Crippen LogP contribution in [0, 0.1) is 0 Å². The topological polar surface area (TPSA) is 86.4 Å². The van der Waals surface area contributed by atoms with Gasteiger partial charge in [0.05, 0.1) is 32.0 Å². The molecule has 3 aromatic rings. The van der Waals surface area contributed by atoms with E-state index in [4.69, 9.17) is 24.7 Å². The maximum atomic E-state index is 9.48. The maximum absolute atomic E-state index is 9.48. The Labute approximate surface area is 230 Å². The van der Waals surface area contributed by atoms with Crippen LogP contribution in [0.1, 0.15) is 53.9 Å². The Morgan fingerprint density at radius 1 is 0.821 bits per heavy atom. The summed E-state index contributed by atoms with van der Waals surface area (Å²) < 4.78 is 25.0. The van der Waals surface area contributed by atoms with Crippen molar-refractivity contribution in [3.63, 3.8) is 0 Å². The van der Waals surface area contributed by atoms with Crippen LogP contribution in [-0.2, 0) is 32.1 Å². The first-order valence-electron chi connectivity index (χ1n) is 14.0. The largest absolute Gasteiger partial charge is 0.392 e. The molecule has 3 saturated heterocycles. The Kier molecular flexibility index (Phi) is 8.09. The molecular weight excluding hydrogens is 492 g/mol. The zero-order valence-electron chi connectivity index (χ0n) is 22.3. The summed E-state index contributed by atoms with van der Waals surface area (Å²) in [5.41, 5.74) is 12.2. The minimum absolute atomic E-state index is 0.0200. The summed E-state index contributed by atoms with van der Waals surface area (Å²) in [5, 5.41) is 9.48. The summed E-state index contributed by atoms with van der Waals surface area (Å²) in [7, 11) is 0. The molecule has 3 atom stereocenters. The number of rotatable bonds is 7. The number of hydrogen-bond acceptors (Lipinski definition) is 7. The first-order chi connectivity index (χ1) is 19.1. The zero-order chi connectivity index (χ0) is 26.7. The van der Waals surface area contributed by atoms with Gasteiger partial charge in [0.1, 0.15) is 0 Å². The fourth-order valence-electron chi connectivity index (χ4n) is 5.89. The summed E-state index contributed by atoms with van der Waals surface area (Å²) in [6.07, 6.45) is 2.00. The quantitative estimate of drug-likeness (QED) is 0.458. The molecule has 0 saturated carbocycles. The Balaban J connectivity index is 1.19. The van der Waals surface area contributed by atoms with Gasteiger partial charge in [-0.25, -0.2) is 0 Å². The molecule has 6 rings (SSSR count). The molecule has 7 heteroatoms. The van der Waals surface area contributed by atoms with Crippen LogP contribution in [-0.4, -0.2) is 54.7 Å². The fraction of sp³-hybridized carbons (Fsp3) is 0.438. The normalized spacial score (nSPS) is 25.2. The molecule has 0 amide bonds. The van der Waals surface area contributed by atoms with Gasteiger partial charge in [0, 0.05) is 51.0 Å². The SMILES string of the molecule is NCc1cccc(-c2ccc(C3OC(CN4CCC5(CC4)OCCO5)CC(c4ccc(CO)cc4)O3)cc2)c1. The van der Waals surface area contributed by atoms with Crippen molar-refractivity contribution < 1.29 is 24.1 Å². The summed E-state index contributed by atoms with van der Waals surface area (Å²) in [6, 6.07) is 24.8. The lowest BCUT2D eigenvalue weighted by Crippen LogP contribution is -2.48. The van der Waals surface area contributed by atoms with Gasteiger partial charge in [-0.1, -0.05) is 66.7 Å². The highest BCUT2D eigenvalue weighted by Gasteiger charge is 2.41. The van der Waals surface area contributed by atoms with Crippen LogP contribution in [0.2, 0.25) is 0 Å². The van der Waals surface area contributed by atoms with Gasteiger partial charge in [0.25, 0.3) is 0 Å². The first kappa shape index (κ1) is 26.6. The van der Waals surface area contributed by atoms with Crippen molar-refractivity contribution in [2.75, 3.05) is 32.8 Å². The lowest BCUT2D eigenvalue weighted by atomic mass is 9.98. The molecule has 0 aliphatic carbocycles. The monoisotopic (exact) mass is 530 g/mol. The van der Waals surface area contributed by atoms with Gasteiger partial charge in [0.15, 0.2) is 12.1 Å². The van der Waals surface area contributed by atoms with E-state index >= 15 is 0 Å². The summed E-state index contributed by atoms with van der Waals surface area (Å²) in [5.74, 6) is -0.377. The van der Waals surface area contributed by atoms with E-state index in [9.17, 15) is 5.11 Å². The average molecular weight is 531 g/mol. The number of aliphatic hydroxyl groups excluding tert-OH is 1. The Hall–Kier alpha value is -2.62. The average Bonchev–Trinajstić information content (AvgIpc) is 3.46. The Bertz CT molecular complexity index is 1220. The number of hydrogen-bond donors (Lipinski definition) is 2. The second-order valence-electron chi connectivity index (χ2n) is 10.8. The molecule has 1 spiro atoms. The zero-order valence-corrected chi connectivity index (χ0v) is 22.3. The van der Waals surface area contributed by atoms with Crippen LogP contribution in [0.4, 0.5) is 0 Å². The van der Waals surface area contributed by atoms with E-state index in [1.807, 2.05) is 24.3 Å². The molecule has 39 heavy (non-hydrogen) atoms. The highest BCUT2D eigenvalue weighted by molar-refractivity contribution is 5.64. The van der Waals surface area contributed by atoms with E-state index in [0.29, 0.717) is 19.8 Å². The van der Waals surface area contributed by atoms with Crippen molar-refractivity contribution in [2.24, 2.45) is 5.73 Å². The van der Waals surface area contributed by atoms with E-state index in [1.54, 1.807) is 0 Å². The van der Waals surface area contributed by atoms with Gasteiger partial charge in [-0.05, 0) is 33.9 Å². The Morgan fingerprint density at radius 2 is 1.54 bits per heavy atom. The third-order valence-electron chi connectivity index (χ3n) is 8.19. The minimum Gasteiger partial charge on any atom is -0.392 e. The van der Waals surface area contributed by atoms with E-state index in [0.717, 1.165) is 72.3 Å². The third-order valence-corrected chi connectivity index (χ3v) is 8.19. The van der Waals surface area contributed by atoms with Crippen molar-refractivity contribution in [2.45, 2.75) is 56.7 Å². The molecular formula is C32H38N2O5. The Morgan fingerprint density at radius 3 is 2.23 bits per heavy atom. The van der Waals surface area contributed by atoms with Crippen LogP contribution in [0.25, 0.3) is 11.1 Å². The maximum Gasteiger partial charge on any atom is 0.184 e. The molecule has 0 aromatic heterocycles. The number of nitrogens with zero attached hydrogens (tertiary/aromatic N) is 1. The predicted molar refractivity (Wildman–Crippen MR) is 149 cm³/mol. The van der Waals surface area contributed by atoms with Crippen molar-refractivity contribution in [1.82, 2.24) is 4.90 Å². The van der Waals surface area contributed by atoms with Crippen molar-refractivity contribution in [1.29, 1.82) is 0 Å². The lowest BCUT2D eigenvalue weighted by Gasteiger charge is -2.41. The van der Waals surface area contributed by atoms with Gasteiger partial charge in [0.2, 0.25) is 0 Å². The fourth-order valence-corrected chi connectivity index (χ4v) is 5.89. The number of piperidine rings is 1. The van der Waals surface area contributed by atoms with E-state index in [1.165, 1.54) is 0 Å². The molecule has 3 unspecified atom stereocenters. The smallest absolute Gasteiger partial charge is 0.184 e. The highest BCUT2D eigenvalue weighted by Crippen LogP contribution is 2.39. The number of ether oxygens (including phenoxy) is 4. The molecule has 3 fully saturated rings. The van der Waals surface area contributed by atoms with Crippen LogP contribution in [0.15, 0.2) is 72.8 Å². The molecule has 3 aromatic carbocycles. The number of nitrogens with two attached hydrogens (primary N) is 1. The third kappa shape index (κ3) is 6.10. The van der Waals surface area contributed by atoms with Crippen LogP contribution in [0.5, 0.6) is 0 Å². The van der Waals surface area contributed by atoms with Crippen molar-refractivity contribution >= 4 is 0 Å². The van der Waals surface area contributed by atoms with E-state index in [2.05, 4.69) is 53.4 Å². The summed E-state index contributed by atoms with van der Waals surface area (Å²) in [6.45, 7) is 4.64. The number of aliphatic hydroxyl groups is 1. The van der Waals surface area contributed by atoms with Crippen LogP contribution in [0.3, 0.4) is 0 Å². The van der Waals surface area contributed by atoms with Crippen LogP contribution >= 0.6 is 0 Å². The van der Waals surface area contributed by atoms with Crippen molar-refractivity contribution in [3.8, 4) is 11.1 Å². The molecule has 3 N–H and O–H groups in total. The summed E-state index contributed by atoms with van der Waals surface area (Å²) in [4.78, 5) is 2.46. The molecule has 7 nitrogen and oxygen atoms in total. The van der Waals surface area contributed by atoms with Gasteiger partial charge in [-0.15, -0.1) is 0 Å². The van der Waals surface area contributed by atoms with Crippen molar-refractivity contribution in [3.05, 3.63) is 95.1 Å².